The quantitative estimate of drug-likeness (QED) is 0.406. The number of ether oxygens (including phenoxy) is 1. The Morgan fingerprint density at radius 1 is 1.06 bits per heavy atom. The van der Waals surface area contributed by atoms with Gasteiger partial charge in [-0.25, -0.2) is 4.99 Å². The van der Waals surface area contributed by atoms with Gasteiger partial charge in [-0.15, -0.1) is 5.48 Å². The summed E-state index contributed by atoms with van der Waals surface area (Å²) in [5.41, 5.74) is 4.32. The van der Waals surface area contributed by atoms with Crippen molar-refractivity contribution in [2.45, 2.75) is 12.7 Å². The number of carbonyl (C=O) groups excluding carboxylic acids is 1. The number of rotatable bonds is 6. The molecule has 1 aliphatic heterocycles. The highest BCUT2D eigenvalue weighted by molar-refractivity contribution is 9.11. The van der Waals surface area contributed by atoms with Gasteiger partial charge in [0.2, 0.25) is 0 Å². The summed E-state index contributed by atoms with van der Waals surface area (Å²) >= 11 is 6.55. The monoisotopic (exact) mass is 545 g/mol. The van der Waals surface area contributed by atoms with Crippen LogP contribution in [0.1, 0.15) is 17.3 Å². The number of halogens is 2. The van der Waals surface area contributed by atoms with Crippen molar-refractivity contribution >= 4 is 43.7 Å². The van der Waals surface area contributed by atoms with Gasteiger partial charge >= 0.3 is 11.8 Å². The van der Waals surface area contributed by atoms with Crippen molar-refractivity contribution in [1.82, 2.24) is 10.8 Å². The Morgan fingerprint density at radius 2 is 1.71 bits per heavy atom. The molecule has 4 rings (SSSR count). The maximum Gasteiger partial charge on any atom is 0.308 e. The van der Waals surface area contributed by atoms with E-state index in [9.17, 15) is 9.90 Å². The summed E-state index contributed by atoms with van der Waals surface area (Å²) in [6.07, 6.45) is -0.566. The molecule has 1 atom stereocenters. The predicted molar refractivity (Wildman–Crippen MR) is 123 cm³/mol. The lowest BCUT2D eigenvalue weighted by molar-refractivity contribution is -0.116. The smallest absolute Gasteiger partial charge is 0.308 e. The van der Waals surface area contributed by atoms with Crippen LogP contribution < -0.4 is 15.5 Å². The van der Waals surface area contributed by atoms with Crippen molar-refractivity contribution in [2.75, 3.05) is 0 Å². The van der Waals surface area contributed by atoms with Crippen LogP contribution in [0, 0.1) is 0 Å². The van der Waals surface area contributed by atoms with E-state index >= 15 is 0 Å². The molecule has 1 aliphatic rings. The van der Waals surface area contributed by atoms with Crippen molar-refractivity contribution in [3.8, 4) is 17.2 Å². The number of aliphatic imine (C=N–C) groups is 1. The number of hydroxylamine groups is 1. The molecule has 3 N–H and O–H groups in total. The van der Waals surface area contributed by atoms with Crippen LogP contribution >= 0.6 is 31.9 Å². The van der Waals surface area contributed by atoms with Crippen molar-refractivity contribution in [1.29, 1.82) is 0 Å². The Bertz CT molecular complexity index is 1100. The van der Waals surface area contributed by atoms with Crippen LogP contribution in [0.3, 0.4) is 0 Å². The molecule has 158 valence electrons. The van der Waals surface area contributed by atoms with E-state index in [0.29, 0.717) is 26.8 Å². The third-order valence-corrected chi connectivity index (χ3v) is 5.63. The summed E-state index contributed by atoms with van der Waals surface area (Å²) in [5.74, 6) is 1.06. The number of nitrogens with one attached hydrogen (secondary N) is 2. The van der Waals surface area contributed by atoms with Crippen molar-refractivity contribution in [3.05, 3.63) is 86.8 Å². The van der Waals surface area contributed by atoms with Crippen LogP contribution in [0.15, 0.2) is 80.7 Å². The van der Waals surface area contributed by atoms with Gasteiger partial charge in [0.15, 0.2) is 6.17 Å². The molecule has 0 aromatic heterocycles. The molecule has 0 saturated carbocycles. The van der Waals surface area contributed by atoms with E-state index in [1.165, 1.54) is 0 Å². The Hall–Kier alpha value is -2.88. The molecular weight excluding hydrogens is 530 g/mol. The van der Waals surface area contributed by atoms with Gasteiger partial charge in [-0.1, -0.05) is 30.3 Å². The zero-order valence-electron chi connectivity index (χ0n) is 16.0. The van der Waals surface area contributed by atoms with E-state index < -0.39 is 12.1 Å². The van der Waals surface area contributed by atoms with Gasteiger partial charge in [0.25, 0.3) is 0 Å². The van der Waals surface area contributed by atoms with E-state index in [2.05, 4.69) is 47.6 Å². The summed E-state index contributed by atoms with van der Waals surface area (Å²) in [6, 6.07) is 20.3. The molecule has 1 heterocycles. The van der Waals surface area contributed by atoms with Gasteiger partial charge in [-0.05, 0) is 79.4 Å². The highest BCUT2D eigenvalue weighted by Crippen LogP contribution is 2.36. The first-order valence-electron chi connectivity index (χ1n) is 9.28. The number of hydrogen-bond acceptors (Lipinski definition) is 6. The van der Waals surface area contributed by atoms with Crippen LogP contribution in [0.25, 0.3) is 0 Å². The first-order chi connectivity index (χ1) is 15.0. The minimum atomic E-state index is -0.566. The van der Waals surface area contributed by atoms with E-state index in [-0.39, 0.29) is 11.6 Å². The summed E-state index contributed by atoms with van der Waals surface area (Å²) < 4.78 is 6.77. The summed E-state index contributed by atoms with van der Waals surface area (Å²) in [6.45, 7) is 0.313. The van der Waals surface area contributed by atoms with Gasteiger partial charge in [0.05, 0.1) is 8.95 Å². The molecule has 0 radical (unpaired) electrons. The zero-order valence-corrected chi connectivity index (χ0v) is 19.2. The summed E-state index contributed by atoms with van der Waals surface area (Å²) in [4.78, 5) is 21.9. The first-order valence-corrected chi connectivity index (χ1v) is 10.9. The fraction of sp³-hybridized carbons (Fsp3) is 0.0909. The minimum Gasteiger partial charge on any atom is -0.506 e. The molecule has 31 heavy (non-hydrogen) atoms. The minimum absolute atomic E-state index is 0.0608. The second kappa shape index (κ2) is 9.51. The van der Waals surface area contributed by atoms with E-state index in [1.807, 2.05) is 54.6 Å². The number of aromatic hydroxyl groups is 1. The van der Waals surface area contributed by atoms with Crippen LogP contribution in [0.2, 0.25) is 0 Å². The number of hydrogen-bond donors (Lipinski definition) is 3. The molecule has 0 saturated heterocycles. The number of para-hydroxylation sites is 1. The van der Waals surface area contributed by atoms with E-state index in [4.69, 9.17) is 9.57 Å². The first kappa shape index (κ1) is 21.4. The fourth-order valence-electron chi connectivity index (χ4n) is 2.83. The molecule has 3 aromatic rings. The van der Waals surface area contributed by atoms with Crippen LogP contribution in [0.5, 0.6) is 17.2 Å². The molecule has 0 bridgehead atoms. The molecule has 3 aromatic carbocycles. The number of carbonyl (C=O) groups is 1. The van der Waals surface area contributed by atoms with Crippen LogP contribution in [0.4, 0.5) is 0 Å². The Balaban J connectivity index is 1.34. The Kier molecular flexibility index (Phi) is 6.55. The standard InChI is InChI=1S/C22H17Br2N3O4/c23-17-10-14(11-18(24)19(17)28)20-26-22(31-27-20)21(29)25-12-13-6-8-16(9-7-13)30-15-4-2-1-3-5-15/h1-11,20,27-28H,12H2,(H,25,29). The molecule has 9 heteroatoms. The van der Waals surface area contributed by atoms with Gasteiger partial charge < -0.3 is 20.0 Å². The highest BCUT2D eigenvalue weighted by atomic mass is 79.9. The molecule has 0 fully saturated rings. The second-order valence-corrected chi connectivity index (χ2v) is 8.34. The largest absolute Gasteiger partial charge is 0.506 e. The van der Waals surface area contributed by atoms with E-state index in [1.54, 1.807) is 12.1 Å². The lowest BCUT2D eigenvalue weighted by Gasteiger charge is -2.09. The third-order valence-electron chi connectivity index (χ3n) is 4.42. The molecule has 0 aliphatic carbocycles. The topological polar surface area (TPSA) is 92.2 Å². The average molecular weight is 547 g/mol. The lowest BCUT2D eigenvalue weighted by Crippen LogP contribution is -2.31. The summed E-state index contributed by atoms with van der Waals surface area (Å²) in [7, 11) is 0. The molecule has 0 spiro atoms. The number of nitrogens with zero attached hydrogens (tertiary/aromatic N) is 1. The molecular formula is C22H17Br2N3O4. The van der Waals surface area contributed by atoms with Crippen molar-refractivity contribution < 1.29 is 19.5 Å². The maximum absolute atomic E-state index is 12.4. The number of amides is 1. The van der Waals surface area contributed by atoms with Crippen molar-refractivity contribution in [2.24, 2.45) is 4.99 Å². The maximum atomic E-state index is 12.4. The highest BCUT2D eigenvalue weighted by Gasteiger charge is 2.26. The molecule has 1 unspecified atom stereocenters. The van der Waals surface area contributed by atoms with Crippen LogP contribution in [-0.2, 0) is 16.2 Å². The SMILES string of the molecule is O=C(NCc1ccc(Oc2ccccc2)cc1)C1=NC(c2cc(Br)c(O)c(Br)c2)NO1. The number of benzene rings is 3. The van der Waals surface area contributed by atoms with Crippen LogP contribution in [-0.4, -0.2) is 16.9 Å². The lowest BCUT2D eigenvalue weighted by atomic mass is 10.2. The molecule has 7 nitrogen and oxygen atoms in total. The van der Waals surface area contributed by atoms with Gasteiger partial charge in [0.1, 0.15) is 17.2 Å². The molecule has 1 amide bonds. The zero-order chi connectivity index (χ0) is 21.8. The van der Waals surface area contributed by atoms with Gasteiger partial charge in [0, 0.05) is 6.54 Å². The van der Waals surface area contributed by atoms with Gasteiger partial charge in [-0.3, -0.25) is 4.79 Å². The Labute approximate surface area is 195 Å². The van der Waals surface area contributed by atoms with Crippen molar-refractivity contribution in [3.63, 3.8) is 0 Å². The van der Waals surface area contributed by atoms with E-state index in [0.717, 1.165) is 11.3 Å². The normalized spacial score (nSPS) is 15.2. The summed E-state index contributed by atoms with van der Waals surface area (Å²) in [5, 5.41) is 12.6. The Morgan fingerprint density at radius 3 is 2.39 bits per heavy atom. The average Bonchev–Trinajstić information content (AvgIpc) is 3.28. The third kappa shape index (κ3) is 5.25. The fourth-order valence-corrected chi connectivity index (χ4v) is 4.05. The second-order valence-electron chi connectivity index (χ2n) is 6.63. The predicted octanol–water partition coefficient (Wildman–Crippen LogP) is 4.96. The number of phenols is 1. The van der Waals surface area contributed by atoms with Gasteiger partial charge in [-0.2, -0.15) is 0 Å². The number of phenolic OH excluding ortho intramolecular Hbond substituents is 1.